The number of carbonyl (C=O) groups is 1. The van der Waals surface area contributed by atoms with Gasteiger partial charge in [0.25, 0.3) is 0 Å². The molecule has 156 valence electrons. The van der Waals surface area contributed by atoms with Gasteiger partial charge in [0.1, 0.15) is 16.9 Å². The first-order valence-electron chi connectivity index (χ1n) is 10.1. The van der Waals surface area contributed by atoms with Crippen molar-refractivity contribution >= 4 is 22.7 Å². The normalized spacial score (nSPS) is 10.8. The van der Waals surface area contributed by atoms with Crippen LogP contribution in [-0.4, -0.2) is 23.4 Å². The molecule has 2 aromatic carbocycles. The van der Waals surface area contributed by atoms with Crippen molar-refractivity contribution in [3.05, 3.63) is 75.6 Å². The minimum atomic E-state index is -0.789. The van der Waals surface area contributed by atoms with Crippen LogP contribution in [0, 0.1) is 5.41 Å². The van der Waals surface area contributed by atoms with Crippen LogP contribution in [0.2, 0.25) is 0 Å². The van der Waals surface area contributed by atoms with Crippen molar-refractivity contribution in [1.82, 2.24) is 0 Å². The third-order valence-corrected chi connectivity index (χ3v) is 4.93. The molecule has 0 unspecified atom stereocenters. The summed E-state index contributed by atoms with van der Waals surface area (Å²) in [6, 6.07) is 12.8. The number of rotatable bonds is 9. The summed E-state index contributed by atoms with van der Waals surface area (Å²) in [6.07, 6.45) is 5.37. The van der Waals surface area contributed by atoms with Crippen molar-refractivity contribution in [3.8, 4) is 5.75 Å². The van der Waals surface area contributed by atoms with Gasteiger partial charge in [-0.1, -0.05) is 56.9 Å². The molecule has 0 aliphatic carbocycles. The monoisotopic (exact) mass is 407 g/mol. The molecule has 0 aliphatic rings. The molecule has 3 rings (SSSR count). The highest BCUT2D eigenvalue weighted by Gasteiger charge is 2.19. The summed E-state index contributed by atoms with van der Waals surface area (Å²) in [6.45, 7) is 2.53. The summed E-state index contributed by atoms with van der Waals surface area (Å²) in [5.41, 5.74) is -0.176. The van der Waals surface area contributed by atoms with Crippen molar-refractivity contribution in [3.63, 3.8) is 0 Å². The molecule has 1 heterocycles. The number of fused-ring (bicyclic) bond motifs is 1. The summed E-state index contributed by atoms with van der Waals surface area (Å²) in [4.78, 5) is 24.5. The highest BCUT2D eigenvalue weighted by atomic mass is 16.5. The first-order chi connectivity index (χ1) is 14.5. The molecule has 0 atom stereocenters. The zero-order valence-corrected chi connectivity index (χ0v) is 16.9. The topological polar surface area (TPSA) is 101 Å². The molecule has 0 fully saturated rings. The van der Waals surface area contributed by atoms with E-state index in [1.54, 1.807) is 48.5 Å². The first-order valence-corrected chi connectivity index (χ1v) is 10.1. The maximum atomic E-state index is 12.3. The molecule has 30 heavy (non-hydrogen) atoms. The van der Waals surface area contributed by atoms with Crippen LogP contribution in [0.25, 0.3) is 11.0 Å². The Bertz CT molecular complexity index is 1100. The van der Waals surface area contributed by atoms with Gasteiger partial charge in [-0.25, -0.2) is 9.59 Å². The smallest absolute Gasteiger partial charge is 0.349 e. The highest BCUT2D eigenvalue weighted by molar-refractivity contribution is 6.14. The molecule has 0 bridgehead atoms. The van der Waals surface area contributed by atoms with Gasteiger partial charge in [0.2, 0.25) is 0 Å². The summed E-state index contributed by atoms with van der Waals surface area (Å²) >= 11 is 0. The largest absolute Gasteiger partial charge is 0.506 e. The van der Waals surface area contributed by atoms with Gasteiger partial charge >= 0.3 is 11.6 Å². The van der Waals surface area contributed by atoms with Gasteiger partial charge in [-0.3, -0.25) is 5.41 Å². The van der Waals surface area contributed by atoms with E-state index in [9.17, 15) is 14.7 Å². The minimum absolute atomic E-state index is 0.178. The number of hydrogen-bond donors (Lipinski definition) is 2. The number of carbonyl (C=O) groups excluding carboxylic acids is 1. The van der Waals surface area contributed by atoms with E-state index in [2.05, 4.69) is 6.92 Å². The van der Waals surface area contributed by atoms with Crippen LogP contribution in [0.15, 0.2) is 57.7 Å². The Morgan fingerprint density at radius 3 is 2.40 bits per heavy atom. The Morgan fingerprint density at radius 2 is 1.67 bits per heavy atom. The number of hydrogen-bond acceptors (Lipinski definition) is 6. The second-order valence-corrected chi connectivity index (χ2v) is 7.11. The van der Waals surface area contributed by atoms with E-state index in [4.69, 9.17) is 14.6 Å². The molecule has 6 nitrogen and oxygen atoms in total. The minimum Gasteiger partial charge on any atom is -0.506 e. The zero-order valence-electron chi connectivity index (χ0n) is 16.9. The lowest BCUT2D eigenvalue weighted by Gasteiger charge is -2.09. The molecule has 6 heteroatoms. The van der Waals surface area contributed by atoms with Gasteiger partial charge in [-0.2, -0.15) is 0 Å². The predicted octanol–water partition coefficient (Wildman–Crippen LogP) is 5.04. The lowest BCUT2D eigenvalue weighted by Crippen LogP contribution is -2.15. The Morgan fingerprint density at radius 1 is 1.00 bits per heavy atom. The fourth-order valence-corrected chi connectivity index (χ4v) is 3.23. The lowest BCUT2D eigenvalue weighted by molar-refractivity contribution is 0.0497. The molecular weight excluding hydrogens is 382 g/mol. The fourth-order valence-electron chi connectivity index (χ4n) is 3.23. The lowest BCUT2D eigenvalue weighted by atomic mass is 10.0. The van der Waals surface area contributed by atoms with Crippen molar-refractivity contribution < 1.29 is 19.1 Å². The standard InChI is InChI=1S/C24H25NO5/c1-2-3-4-5-8-15-29-23(27)17-13-11-16(12-14-17)21(25)20-22(26)18-9-6-7-10-19(18)30-24(20)28/h6-7,9-14,25-26H,2-5,8,15H2,1H3. The third-order valence-electron chi connectivity index (χ3n) is 4.93. The summed E-state index contributed by atoms with van der Waals surface area (Å²) in [7, 11) is 0. The number of para-hydroxylation sites is 1. The summed E-state index contributed by atoms with van der Waals surface area (Å²) in [5, 5.41) is 19.2. The predicted molar refractivity (Wildman–Crippen MR) is 116 cm³/mol. The fraction of sp³-hybridized carbons (Fsp3) is 0.292. The molecule has 2 N–H and O–H groups in total. The first kappa shape index (κ1) is 21.3. The van der Waals surface area contributed by atoms with Crippen molar-refractivity contribution in [1.29, 1.82) is 5.41 Å². The Kier molecular flexibility index (Phi) is 7.01. The average Bonchev–Trinajstić information content (AvgIpc) is 2.76. The number of unbranched alkanes of at least 4 members (excludes halogenated alkanes) is 4. The molecule has 0 aliphatic heterocycles. The Labute approximate surface area is 174 Å². The SMILES string of the molecule is CCCCCCCOC(=O)c1ccc(C(=N)c2c(O)c3ccccc3oc2=O)cc1. The molecule has 0 amide bonds. The van der Waals surface area contributed by atoms with Crippen molar-refractivity contribution in [2.45, 2.75) is 39.0 Å². The van der Waals surface area contributed by atoms with Crippen molar-refractivity contribution in [2.75, 3.05) is 6.61 Å². The van der Waals surface area contributed by atoms with Gasteiger partial charge in [-0.05, 0) is 30.7 Å². The second-order valence-electron chi connectivity index (χ2n) is 7.11. The maximum Gasteiger partial charge on any atom is 0.349 e. The number of esters is 1. The number of benzene rings is 2. The quantitative estimate of drug-likeness (QED) is 0.224. The summed E-state index contributed by atoms with van der Waals surface area (Å²) in [5.74, 6) is -0.713. The second kappa shape index (κ2) is 9.87. The van der Waals surface area contributed by atoms with Crippen LogP contribution in [0.5, 0.6) is 5.75 Å². The number of ether oxygens (including phenoxy) is 1. The van der Waals surface area contributed by atoms with Crippen LogP contribution in [0.1, 0.15) is 60.5 Å². The molecule has 3 aromatic rings. The van der Waals surface area contributed by atoms with Crippen LogP contribution in [0.3, 0.4) is 0 Å². The molecule has 0 radical (unpaired) electrons. The van der Waals surface area contributed by atoms with Gasteiger partial charge in [0.15, 0.2) is 0 Å². The number of aromatic hydroxyl groups is 1. The molecule has 0 saturated heterocycles. The zero-order chi connectivity index (χ0) is 21.5. The van der Waals surface area contributed by atoms with E-state index in [1.165, 1.54) is 12.8 Å². The van der Waals surface area contributed by atoms with E-state index in [0.717, 1.165) is 19.3 Å². The van der Waals surface area contributed by atoms with Gasteiger partial charge < -0.3 is 14.3 Å². The van der Waals surface area contributed by atoms with E-state index >= 15 is 0 Å². The van der Waals surface area contributed by atoms with Crippen LogP contribution >= 0.6 is 0 Å². The van der Waals surface area contributed by atoms with Crippen molar-refractivity contribution in [2.24, 2.45) is 0 Å². The van der Waals surface area contributed by atoms with Gasteiger partial charge in [0, 0.05) is 5.56 Å². The van der Waals surface area contributed by atoms with Crippen LogP contribution < -0.4 is 5.63 Å². The Balaban J connectivity index is 1.71. The average molecular weight is 407 g/mol. The van der Waals surface area contributed by atoms with Gasteiger partial charge in [-0.15, -0.1) is 0 Å². The van der Waals surface area contributed by atoms with E-state index in [0.29, 0.717) is 23.1 Å². The molecular formula is C24H25NO5. The van der Waals surface area contributed by atoms with Crippen LogP contribution in [0.4, 0.5) is 0 Å². The van der Waals surface area contributed by atoms with E-state index < -0.39 is 11.6 Å². The molecule has 0 saturated carbocycles. The van der Waals surface area contributed by atoms with Crippen LogP contribution in [-0.2, 0) is 4.74 Å². The summed E-state index contributed by atoms with van der Waals surface area (Å²) < 4.78 is 10.5. The maximum absolute atomic E-state index is 12.3. The highest BCUT2D eigenvalue weighted by Crippen LogP contribution is 2.27. The Hall–Kier alpha value is -3.41. The van der Waals surface area contributed by atoms with E-state index in [1.807, 2.05) is 0 Å². The third kappa shape index (κ3) is 4.76. The number of nitrogens with one attached hydrogen (secondary N) is 1. The molecule has 0 spiro atoms. The van der Waals surface area contributed by atoms with Gasteiger partial charge in [0.05, 0.1) is 23.3 Å². The van der Waals surface area contributed by atoms with E-state index in [-0.39, 0.29) is 22.6 Å². The molecule has 1 aromatic heterocycles.